The number of anilines is 1. The summed E-state index contributed by atoms with van der Waals surface area (Å²) in [6.07, 6.45) is 0.555. The number of carbonyl (C=O) groups is 1. The maximum Gasteiger partial charge on any atom is 0.326 e. The van der Waals surface area contributed by atoms with Gasteiger partial charge in [-0.05, 0) is 24.1 Å². The lowest BCUT2D eigenvalue weighted by atomic mass is 10.1. The molecule has 1 aromatic carbocycles. The van der Waals surface area contributed by atoms with E-state index in [-0.39, 0.29) is 0 Å². The monoisotopic (exact) mass is 225 g/mol. The quantitative estimate of drug-likeness (QED) is 0.796. The first-order valence-corrected chi connectivity index (χ1v) is 5.13. The zero-order chi connectivity index (χ0) is 11.2. The summed E-state index contributed by atoms with van der Waals surface area (Å²) in [6, 6.07) is 3.27. The maximum atomic E-state index is 11.0. The minimum atomic E-state index is -0.788. The van der Waals surface area contributed by atoms with Gasteiger partial charge in [0.15, 0.2) is 0 Å². The normalized spacial score (nSPS) is 19.1. The second-order valence-corrected chi connectivity index (χ2v) is 4.26. The molecule has 1 heterocycles. The van der Waals surface area contributed by atoms with Crippen LogP contribution in [0.1, 0.15) is 11.1 Å². The largest absolute Gasteiger partial charge is 0.480 e. The molecule has 1 unspecified atom stereocenters. The van der Waals surface area contributed by atoms with Gasteiger partial charge in [-0.2, -0.15) is 0 Å². The summed E-state index contributed by atoms with van der Waals surface area (Å²) in [7, 11) is 1.80. The van der Waals surface area contributed by atoms with Crippen LogP contribution in [0.2, 0.25) is 5.02 Å². The Morgan fingerprint density at radius 1 is 1.60 bits per heavy atom. The van der Waals surface area contributed by atoms with Crippen molar-refractivity contribution in [2.75, 3.05) is 11.9 Å². The number of fused-ring (bicyclic) bond motifs is 1. The summed E-state index contributed by atoms with van der Waals surface area (Å²) >= 11 is 6.01. The van der Waals surface area contributed by atoms with Gasteiger partial charge in [-0.1, -0.05) is 17.7 Å². The summed E-state index contributed by atoms with van der Waals surface area (Å²) in [5.41, 5.74) is 2.99. The van der Waals surface area contributed by atoms with Gasteiger partial charge in [0.1, 0.15) is 6.04 Å². The molecule has 0 fully saturated rings. The molecule has 1 atom stereocenters. The second-order valence-electron chi connectivity index (χ2n) is 3.85. The highest BCUT2D eigenvalue weighted by molar-refractivity contribution is 6.31. The molecule has 1 aliphatic rings. The zero-order valence-corrected chi connectivity index (χ0v) is 9.38. The van der Waals surface area contributed by atoms with Crippen LogP contribution in [0.3, 0.4) is 0 Å². The van der Waals surface area contributed by atoms with Gasteiger partial charge in [0, 0.05) is 24.2 Å². The van der Waals surface area contributed by atoms with Gasteiger partial charge in [0.25, 0.3) is 0 Å². The van der Waals surface area contributed by atoms with Crippen LogP contribution in [0.5, 0.6) is 0 Å². The van der Waals surface area contributed by atoms with Gasteiger partial charge in [-0.15, -0.1) is 0 Å². The minimum Gasteiger partial charge on any atom is -0.480 e. The highest BCUT2D eigenvalue weighted by atomic mass is 35.5. The first-order valence-electron chi connectivity index (χ1n) is 4.76. The summed E-state index contributed by atoms with van der Waals surface area (Å²) in [5, 5.41) is 9.73. The number of hydrogen-bond acceptors (Lipinski definition) is 2. The van der Waals surface area contributed by atoms with E-state index in [1.807, 2.05) is 19.1 Å². The second kappa shape index (κ2) is 3.42. The highest BCUT2D eigenvalue weighted by Crippen LogP contribution is 2.37. The van der Waals surface area contributed by atoms with Crippen molar-refractivity contribution in [1.82, 2.24) is 0 Å². The van der Waals surface area contributed by atoms with E-state index in [1.54, 1.807) is 11.9 Å². The Bertz CT molecular complexity index is 431. The molecule has 1 aromatic rings. The van der Waals surface area contributed by atoms with Crippen LogP contribution in [0, 0.1) is 6.92 Å². The lowest BCUT2D eigenvalue weighted by molar-refractivity contribution is -0.138. The average Bonchev–Trinajstić information content (AvgIpc) is 2.50. The lowest BCUT2D eigenvalue weighted by Crippen LogP contribution is -2.35. The predicted octanol–water partition coefficient (Wildman–Crippen LogP) is 2.09. The smallest absolute Gasteiger partial charge is 0.326 e. The fraction of sp³-hybridized carbons (Fsp3) is 0.364. The van der Waals surface area contributed by atoms with Crippen LogP contribution in [-0.4, -0.2) is 24.2 Å². The number of nitrogens with zero attached hydrogens (tertiary/aromatic N) is 1. The molecule has 0 radical (unpaired) electrons. The number of halogens is 1. The molecule has 0 aliphatic carbocycles. The Labute approximate surface area is 93.3 Å². The van der Waals surface area contributed by atoms with Crippen LogP contribution in [0.25, 0.3) is 0 Å². The Hall–Kier alpha value is -1.22. The number of aliphatic carboxylic acids is 1. The molecule has 2 rings (SSSR count). The molecule has 80 valence electrons. The predicted molar refractivity (Wildman–Crippen MR) is 59.7 cm³/mol. The van der Waals surface area contributed by atoms with E-state index < -0.39 is 12.0 Å². The minimum absolute atomic E-state index is 0.461. The molecule has 3 nitrogen and oxygen atoms in total. The Balaban J connectivity index is 2.51. The first-order chi connectivity index (χ1) is 7.02. The molecule has 15 heavy (non-hydrogen) atoms. The third-order valence-electron chi connectivity index (χ3n) is 2.97. The van der Waals surface area contributed by atoms with Crippen LogP contribution in [0.4, 0.5) is 5.69 Å². The number of rotatable bonds is 1. The van der Waals surface area contributed by atoms with Crippen molar-refractivity contribution < 1.29 is 9.90 Å². The van der Waals surface area contributed by atoms with Crippen LogP contribution < -0.4 is 4.90 Å². The molecule has 0 bridgehead atoms. The van der Waals surface area contributed by atoms with Gasteiger partial charge in [0.05, 0.1) is 0 Å². The van der Waals surface area contributed by atoms with Gasteiger partial charge in [-0.3, -0.25) is 0 Å². The molecule has 4 heteroatoms. The summed E-state index contributed by atoms with van der Waals surface area (Å²) in [5.74, 6) is -0.788. The molecular formula is C11H12ClNO2. The van der Waals surface area contributed by atoms with Crippen molar-refractivity contribution in [3.8, 4) is 0 Å². The number of hydrogen-bond donors (Lipinski definition) is 1. The third kappa shape index (κ3) is 1.47. The Kier molecular flexibility index (Phi) is 2.35. The number of carboxylic acid groups (broad SMARTS) is 1. The van der Waals surface area contributed by atoms with Crippen molar-refractivity contribution >= 4 is 23.3 Å². The van der Waals surface area contributed by atoms with Gasteiger partial charge < -0.3 is 10.0 Å². The van der Waals surface area contributed by atoms with Gasteiger partial charge in [-0.25, -0.2) is 4.79 Å². The van der Waals surface area contributed by atoms with E-state index in [1.165, 1.54) is 0 Å². The third-order valence-corrected chi connectivity index (χ3v) is 3.38. The Morgan fingerprint density at radius 2 is 2.27 bits per heavy atom. The number of carboxylic acids is 1. The Morgan fingerprint density at radius 3 is 2.87 bits per heavy atom. The van der Waals surface area contributed by atoms with Gasteiger partial charge in [0.2, 0.25) is 0 Å². The van der Waals surface area contributed by atoms with Crippen LogP contribution in [-0.2, 0) is 11.2 Å². The van der Waals surface area contributed by atoms with E-state index in [2.05, 4.69) is 0 Å². The number of likely N-dealkylation sites (N-methyl/N-ethyl adjacent to an activating group) is 1. The lowest BCUT2D eigenvalue weighted by Gasteiger charge is -2.20. The molecule has 0 saturated heterocycles. The van der Waals surface area contributed by atoms with Crippen molar-refractivity contribution in [1.29, 1.82) is 0 Å². The number of benzene rings is 1. The molecule has 1 N–H and O–H groups in total. The molecule has 0 saturated carbocycles. The molecule has 0 aromatic heterocycles. The van der Waals surface area contributed by atoms with Crippen molar-refractivity contribution in [2.24, 2.45) is 0 Å². The van der Waals surface area contributed by atoms with E-state index in [4.69, 9.17) is 16.7 Å². The van der Waals surface area contributed by atoms with Gasteiger partial charge >= 0.3 is 5.97 Å². The van der Waals surface area contributed by atoms with E-state index in [0.29, 0.717) is 11.4 Å². The van der Waals surface area contributed by atoms with E-state index >= 15 is 0 Å². The average molecular weight is 226 g/mol. The summed E-state index contributed by atoms with van der Waals surface area (Å²) in [4.78, 5) is 12.8. The summed E-state index contributed by atoms with van der Waals surface area (Å²) in [6.45, 7) is 1.92. The summed E-state index contributed by atoms with van der Waals surface area (Å²) < 4.78 is 0. The molecular weight excluding hydrogens is 214 g/mol. The van der Waals surface area contributed by atoms with E-state index in [0.717, 1.165) is 16.8 Å². The fourth-order valence-electron chi connectivity index (χ4n) is 2.14. The maximum absolute atomic E-state index is 11.0. The molecule has 0 amide bonds. The zero-order valence-electron chi connectivity index (χ0n) is 8.62. The van der Waals surface area contributed by atoms with Crippen molar-refractivity contribution in [3.63, 3.8) is 0 Å². The SMILES string of the molecule is Cc1c(Cl)ccc2c1N(C)C(C(=O)O)C2. The first kappa shape index (κ1) is 10.3. The van der Waals surface area contributed by atoms with Crippen molar-refractivity contribution in [2.45, 2.75) is 19.4 Å². The fourth-order valence-corrected chi connectivity index (χ4v) is 2.29. The molecule has 1 aliphatic heterocycles. The van der Waals surface area contributed by atoms with E-state index in [9.17, 15) is 4.79 Å². The van der Waals surface area contributed by atoms with Crippen LogP contribution in [0.15, 0.2) is 12.1 Å². The van der Waals surface area contributed by atoms with Crippen LogP contribution >= 0.6 is 11.6 Å². The highest BCUT2D eigenvalue weighted by Gasteiger charge is 2.33. The van der Waals surface area contributed by atoms with Crippen molar-refractivity contribution in [3.05, 3.63) is 28.3 Å². The standard InChI is InChI=1S/C11H12ClNO2/c1-6-8(12)4-3-7-5-9(11(14)15)13(2)10(6)7/h3-4,9H,5H2,1-2H3,(H,14,15). The topological polar surface area (TPSA) is 40.5 Å². The molecule has 0 spiro atoms.